The van der Waals surface area contributed by atoms with Crippen molar-refractivity contribution >= 4 is 43.4 Å². The Hall–Kier alpha value is 0.192. The van der Waals surface area contributed by atoms with Gasteiger partial charge in [-0.2, -0.15) is 0 Å². The standard InChI is InChI=1S/2C2H4.Al.3HO2P/c2*1-2;;3*1-3-2/h2*1-2H2;;3*(H,1,2)/q;;+3;;;. The van der Waals surface area contributed by atoms with Crippen LogP contribution in [0.5, 0.6) is 0 Å². The normalized spacial score (nSPS) is 5.07. The van der Waals surface area contributed by atoms with Gasteiger partial charge in [0.15, 0.2) is 0 Å². The Morgan fingerprint density at radius 1 is 0.643 bits per heavy atom. The molecule has 78 valence electrons. The van der Waals surface area contributed by atoms with Crippen molar-refractivity contribution in [3.63, 3.8) is 0 Å². The second kappa shape index (κ2) is 192. The van der Waals surface area contributed by atoms with Crippen LogP contribution in [0.3, 0.4) is 0 Å². The molecule has 0 radical (unpaired) electrons. The summed E-state index contributed by atoms with van der Waals surface area (Å²) in [6, 6.07) is 0. The summed E-state index contributed by atoms with van der Waals surface area (Å²) in [7, 11) is -2.50. The smallest absolute Gasteiger partial charge is 0.310 e. The maximum atomic E-state index is 8.46. The van der Waals surface area contributed by atoms with Crippen LogP contribution in [0.25, 0.3) is 0 Å². The van der Waals surface area contributed by atoms with Crippen LogP contribution in [0.15, 0.2) is 26.3 Å². The predicted molar refractivity (Wildman–Crippen MR) is 57.7 cm³/mol. The van der Waals surface area contributed by atoms with Crippen LogP contribution >= 0.6 is 26.1 Å². The summed E-state index contributed by atoms with van der Waals surface area (Å²) in [4.78, 5) is 21.0. The van der Waals surface area contributed by atoms with Gasteiger partial charge in [-0.25, -0.2) is 13.7 Å². The molecule has 0 atom stereocenters. The molecular weight excluding hydrogens is 264 g/mol. The molecular formula is C4H11AlO6P3+3. The van der Waals surface area contributed by atoms with Crippen molar-refractivity contribution in [2.24, 2.45) is 0 Å². The van der Waals surface area contributed by atoms with Gasteiger partial charge in [0.25, 0.3) is 0 Å². The van der Waals surface area contributed by atoms with Gasteiger partial charge in [0, 0.05) is 0 Å². The van der Waals surface area contributed by atoms with Crippen LogP contribution in [0.1, 0.15) is 0 Å². The summed E-state index contributed by atoms with van der Waals surface area (Å²) in [5.41, 5.74) is 0. The Labute approximate surface area is 98.4 Å². The van der Waals surface area contributed by atoms with Crippen molar-refractivity contribution in [2.45, 2.75) is 0 Å². The van der Waals surface area contributed by atoms with Crippen molar-refractivity contribution in [1.82, 2.24) is 0 Å². The SMILES string of the molecule is C=C.C=C.O=PO.O=PO.O=PO.[Al+3]. The molecule has 14 heavy (non-hydrogen) atoms. The summed E-state index contributed by atoms with van der Waals surface area (Å²) in [5.74, 6) is 0. The van der Waals surface area contributed by atoms with E-state index in [0.29, 0.717) is 0 Å². The Morgan fingerprint density at radius 2 is 0.643 bits per heavy atom. The minimum atomic E-state index is -0.833. The van der Waals surface area contributed by atoms with E-state index >= 15 is 0 Å². The summed E-state index contributed by atoms with van der Waals surface area (Å²) in [6.45, 7) is 12.0. The first-order valence-corrected chi connectivity index (χ1v) is 4.44. The molecule has 0 fully saturated rings. The minimum absolute atomic E-state index is 0. The zero-order valence-corrected chi connectivity index (χ0v) is 11.2. The van der Waals surface area contributed by atoms with E-state index in [1.807, 2.05) is 0 Å². The van der Waals surface area contributed by atoms with Crippen molar-refractivity contribution < 1.29 is 28.4 Å². The summed E-state index contributed by atoms with van der Waals surface area (Å²) in [6.07, 6.45) is 0. The zero-order chi connectivity index (χ0) is 12.1. The van der Waals surface area contributed by atoms with E-state index in [4.69, 9.17) is 28.4 Å². The van der Waals surface area contributed by atoms with Crippen LogP contribution < -0.4 is 0 Å². The molecule has 0 aromatic carbocycles. The Balaban J connectivity index is -0.0000000142. The van der Waals surface area contributed by atoms with Gasteiger partial charge in [0.1, 0.15) is 0 Å². The van der Waals surface area contributed by atoms with Crippen molar-refractivity contribution in [3.05, 3.63) is 26.3 Å². The molecule has 0 aliphatic carbocycles. The van der Waals surface area contributed by atoms with E-state index in [9.17, 15) is 0 Å². The van der Waals surface area contributed by atoms with Gasteiger partial charge in [0.05, 0.1) is 0 Å². The molecule has 0 saturated carbocycles. The molecule has 0 aliphatic rings. The molecule has 0 bridgehead atoms. The first kappa shape index (κ1) is 36.8. The maximum absolute atomic E-state index is 8.46. The van der Waals surface area contributed by atoms with E-state index in [1.165, 1.54) is 0 Å². The molecule has 0 rings (SSSR count). The van der Waals surface area contributed by atoms with E-state index in [-0.39, 0.29) is 17.4 Å². The average molecular weight is 275 g/mol. The van der Waals surface area contributed by atoms with E-state index in [0.717, 1.165) is 0 Å². The molecule has 0 heterocycles. The molecule has 0 aliphatic heterocycles. The van der Waals surface area contributed by atoms with Crippen LogP contribution in [-0.4, -0.2) is 32.0 Å². The molecule has 6 nitrogen and oxygen atoms in total. The predicted octanol–water partition coefficient (Wildman–Crippen LogP) is 1.78. The van der Waals surface area contributed by atoms with Crippen molar-refractivity contribution in [3.8, 4) is 0 Å². The molecule has 0 aromatic heterocycles. The summed E-state index contributed by atoms with van der Waals surface area (Å²) < 4.78 is 25.4. The van der Waals surface area contributed by atoms with E-state index in [1.54, 1.807) is 0 Å². The fourth-order valence-electron chi connectivity index (χ4n) is 0. The van der Waals surface area contributed by atoms with Gasteiger partial charge in [-0.05, 0) is 0 Å². The minimum Gasteiger partial charge on any atom is -0.310 e. The molecule has 0 saturated heterocycles. The summed E-state index contributed by atoms with van der Waals surface area (Å²) in [5, 5.41) is 0. The third-order valence-electron chi connectivity index (χ3n) is 0. The average Bonchev–Trinajstić information content (AvgIpc) is 2.14. The topological polar surface area (TPSA) is 112 Å². The molecule has 3 N–H and O–H groups in total. The Bertz CT molecular complexity index is 78.9. The monoisotopic (exact) mass is 275 g/mol. The quantitative estimate of drug-likeness (QED) is 0.353. The van der Waals surface area contributed by atoms with Gasteiger partial charge >= 0.3 is 43.4 Å². The third kappa shape index (κ3) is 41200. The first-order valence-electron chi connectivity index (χ1n) is 2.15. The fraction of sp³-hybridized carbons (Fsp3) is 0. The van der Waals surface area contributed by atoms with Crippen LogP contribution in [0.2, 0.25) is 0 Å². The Morgan fingerprint density at radius 3 is 0.643 bits per heavy atom. The van der Waals surface area contributed by atoms with Crippen LogP contribution in [0, 0.1) is 0 Å². The second-order valence-electron chi connectivity index (χ2n) is 0.245. The molecule has 10 heteroatoms. The second-order valence-corrected chi connectivity index (χ2v) is 0.735. The molecule has 0 amide bonds. The Kier molecular flexibility index (Phi) is 506. The number of rotatable bonds is 0. The molecule has 0 aromatic rings. The van der Waals surface area contributed by atoms with E-state index < -0.39 is 26.1 Å². The van der Waals surface area contributed by atoms with E-state index in [2.05, 4.69) is 26.3 Å². The van der Waals surface area contributed by atoms with Gasteiger partial charge in [-0.1, -0.05) is 0 Å². The van der Waals surface area contributed by atoms with Crippen LogP contribution in [0.4, 0.5) is 0 Å². The first-order chi connectivity index (χ1) is 6.24. The molecule has 0 unspecified atom stereocenters. The zero-order valence-electron chi connectivity index (χ0n) is 7.31. The van der Waals surface area contributed by atoms with Crippen molar-refractivity contribution in [1.29, 1.82) is 0 Å². The number of hydrogen-bond acceptors (Lipinski definition) is 3. The fourth-order valence-corrected chi connectivity index (χ4v) is 0. The third-order valence-corrected chi connectivity index (χ3v) is 0. The van der Waals surface area contributed by atoms with Crippen LogP contribution in [-0.2, 0) is 13.7 Å². The van der Waals surface area contributed by atoms with Gasteiger partial charge in [-0.3, -0.25) is 0 Å². The van der Waals surface area contributed by atoms with Gasteiger partial charge in [0.2, 0.25) is 0 Å². The van der Waals surface area contributed by atoms with Gasteiger partial charge < -0.3 is 14.7 Å². The number of hydrogen-bond donors (Lipinski definition) is 3. The van der Waals surface area contributed by atoms with Gasteiger partial charge in [-0.15, -0.1) is 26.3 Å². The maximum Gasteiger partial charge on any atom is 3.00 e. The summed E-state index contributed by atoms with van der Waals surface area (Å²) >= 11 is 0. The largest absolute Gasteiger partial charge is 3.00 e. The van der Waals surface area contributed by atoms with Crippen molar-refractivity contribution in [2.75, 3.05) is 0 Å². The molecule has 0 spiro atoms.